The minimum Gasteiger partial charge on any atom is -0.468 e. The molecule has 2 rings (SSSR count). The van der Waals surface area contributed by atoms with Gasteiger partial charge in [-0.2, -0.15) is 4.31 Å². The van der Waals surface area contributed by atoms with Crippen LogP contribution in [0.2, 0.25) is 5.02 Å². The van der Waals surface area contributed by atoms with E-state index in [0.29, 0.717) is 5.75 Å². The van der Waals surface area contributed by atoms with Gasteiger partial charge in [0, 0.05) is 10.2 Å². The number of rotatable bonds is 3. The molecule has 0 amide bonds. The van der Waals surface area contributed by atoms with Crippen LogP contribution in [0, 0.1) is 5.82 Å². The zero-order valence-electron chi connectivity index (χ0n) is 10.7. The quantitative estimate of drug-likeness (QED) is 0.706. The van der Waals surface area contributed by atoms with Crippen molar-refractivity contribution >= 4 is 55.3 Å². The fraction of sp³-hybridized carbons (Fsp3) is 0.364. The first kappa shape index (κ1) is 17.0. The summed E-state index contributed by atoms with van der Waals surface area (Å²) in [5.41, 5.74) is 0. The molecule has 1 saturated heterocycles. The predicted octanol–water partition coefficient (Wildman–Crippen LogP) is 2.48. The van der Waals surface area contributed by atoms with Crippen LogP contribution in [0.1, 0.15) is 0 Å². The molecular formula is C11H10BrClFNO4S2. The van der Waals surface area contributed by atoms with Crippen molar-refractivity contribution in [3.05, 3.63) is 27.4 Å². The van der Waals surface area contributed by atoms with Gasteiger partial charge in [-0.15, -0.1) is 11.8 Å². The highest BCUT2D eigenvalue weighted by molar-refractivity contribution is 9.10. The third-order valence-electron chi connectivity index (χ3n) is 2.84. The topological polar surface area (TPSA) is 63.7 Å². The number of ether oxygens (including phenoxy) is 1. The minimum absolute atomic E-state index is 0.00742. The number of esters is 1. The van der Waals surface area contributed by atoms with Crippen molar-refractivity contribution in [2.45, 2.75) is 10.9 Å². The molecule has 0 aliphatic carbocycles. The van der Waals surface area contributed by atoms with Gasteiger partial charge >= 0.3 is 5.97 Å². The first-order valence-electron chi connectivity index (χ1n) is 5.61. The number of nitrogens with zero attached hydrogens (tertiary/aromatic N) is 1. The van der Waals surface area contributed by atoms with Gasteiger partial charge in [0.1, 0.15) is 16.8 Å². The van der Waals surface area contributed by atoms with E-state index in [9.17, 15) is 17.6 Å². The lowest BCUT2D eigenvalue weighted by Crippen LogP contribution is -2.42. The average Bonchev–Trinajstić information content (AvgIpc) is 2.86. The summed E-state index contributed by atoms with van der Waals surface area (Å²) >= 11 is 10.1. The van der Waals surface area contributed by atoms with Gasteiger partial charge in [0.05, 0.1) is 18.0 Å². The highest BCUT2D eigenvalue weighted by Crippen LogP contribution is 2.36. The van der Waals surface area contributed by atoms with E-state index < -0.39 is 27.9 Å². The lowest BCUT2D eigenvalue weighted by atomic mass is 10.3. The molecule has 1 aliphatic rings. The number of carbonyl (C=O) groups is 1. The SMILES string of the molecule is COC(=O)C1CSCN1S(=O)(=O)c1c(Cl)cc(F)cc1Br. The Labute approximate surface area is 139 Å². The van der Waals surface area contributed by atoms with E-state index in [1.165, 1.54) is 18.9 Å². The Morgan fingerprint density at radius 3 is 2.81 bits per heavy atom. The summed E-state index contributed by atoms with van der Waals surface area (Å²) in [4.78, 5) is 11.4. The largest absolute Gasteiger partial charge is 0.468 e. The molecule has 0 saturated carbocycles. The van der Waals surface area contributed by atoms with Crippen molar-refractivity contribution in [3.63, 3.8) is 0 Å². The van der Waals surface area contributed by atoms with Crippen molar-refractivity contribution in [2.24, 2.45) is 0 Å². The molecule has 0 spiro atoms. The van der Waals surface area contributed by atoms with Gasteiger partial charge in [0.25, 0.3) is 0 Å². The smallest absolute Gasteiger partial charge is 0.325 e. The lowest BCUT2D eigenvalue weighted by Gasteiger charge is -2.22. The van der Waals surface area contributed by atoms with Crippen LogP contribution in [0.15, 0.2) is 21.5 Å². The number of thioether (sulfide) groups is 1. The van der Waals surface area contributed by atoms with E-state index in [4.69, 9.17) is 11.6 Å². The van der Waals surface area contributed by atoms with Gasteiger partial charge in [-0.25, -0.2) is 12.8 Å². The molecular weight excluding hydrogens is 409 g/mol. The molecule has 1 fully saturated rings. The monoisotopic (exact) mass is 417 g/mol. The van der Waals surface area contributed by atoms with Gasteiger partial charge in [0.2, 0.25) is 10.0 Å². The molecule has 1 heterocycles. The number of halogens is 3. The van der Waals surface area contributed by atoms with Gasteiger partial charge in [-0.1, -0.05) is 11.6 Å². The molecule has 0 aromatic heterocycles. The number of hydrogen-bond acceptors (Lipinski definition) is 5. The molecule has 1 aromatic carbocycles. The molecule has 1 unspecified atom stereocenters. The van der Waals surface area contributed by atoms with E-state index in [1.54, 1.807) is 0 Å². The Balaban J connectivity index is 2.50. The van der Waals surface area contributed by atoms with Gasteiger partial charge < -0.3 is 4.74 Å². The third kappa shape index (κ3) is 3.21. The van der Waals surface area contributed by atoms with Crippen LogP contribution in [0.5, 0.6) is 0 Å². The standard InChI is InChI=1S/C11H10BrClFNO4S2/c1-19-11(16)9-4-20-5-15(9)21(17,18)10-7(12)2-6(14)3-8(10)13/h2-3,9H,4-5H2,1H3. The highest BCUT2D eigenvalue weighted by atomic mass is 79.9. The highest BCUT2D eigenvalue weighted by Gasteiger charge is 2.42. The lowest BCUT2D eigenvalue weighted by molar-refractivity contribution is -0.143. The van der Waals surface area contributed by atoms with E-state index in [2.05, 4.69) is 20.7 Å². The van der Waals surface area contributed by atoms with Gasteiger partial charge in [0.15, 0.2) is 0 Å². The number of benzene rings is 1. The van der Waals surface area contributed by atoms with Crippen molar-refractivity contribution in [1.29, 1.82) is 0 Å². The van der Waals surface area contributed by atoms with Crippen LogP contribution in [0.3, 0.4) is 0 Å². The first-order chi connectivity index (χ1) is 9.78. The van der Waals surface area contributed by atoms with Crippen LogP contribution in [-0.4, -0.2) is 43.5 Å². The van der Waals surface area contributed by atoms with Crippen molar-refractivity contribution in [2.75, 3.05) is 18.7 Å². The van der Waals surface area contributed by atoms with Crippen LogP contribution in [0.25, 0.3) is 0 Å². The zero-order valence-corrected chi connectivity index (χ0v) is 14.7. The van der Waals surface area contributed by atoms with Crippen LogP contribution in [0.4, 0.5) is 4.39 Å². The van der Waals surface area contributed by atoms with E-state index in [0.717, 1.165) is 16.4 Å². The molecule has 10 heteroatoms. The summed E-state index contributed by atoms with van der Waals surface area (Å²) in [6, 6.07) is 1.00. The molecule has 5 nitrogen and oxygen atoms in total. The Morgan fingerprint density at radius 2 is 2.24 bits per heavy atom. The minimum atomic E-state index is -4.05. The Bertz CT molecular complexity index is 662. The second-order valence-corrected chi connectivity index (χ2v) is 8.22. The van der Waals surface area contributed by atoms with E-state index in [1.807, 2.05) is 0 Å². The van der Waals surface area contributed by atoms with Gasteiger partial charge in [-0.3, -0.25) is 4.79 Å². The van der Waals surface area contributed by atoms with Crippen LogP contribution < -0.4 is 0 Å². The molecule has 0 radical (unpaired) electrons. The molecule has 116 valence electrons. The maximum atomic E-state index is 13.2. The molecule has 0 N–H and O–H groups in total. The third-order valence-corrected chi connectivity index (χ3v) is 7.28. The Kier molecular flexibility index (Phi) is 5.19. The Hall–Kier alpha value is -0.350. The summed E-state index contributed by atoms with van der Waals surface area (Å²) in [5, 5.41) is -0.248. The summed E-state index contributed by atoms with van der Waals surface area (Å²) in [7, 11) is -2.86. The fourth-order valence-corrected chi connectivity index (χ4v) is 6.76. The van der Waals surface area contributed by atoms with Crippen LogP contribution in [-0.2, 0) is 19.6 Å². The maximum absolute atomic E-state index is 13.2. The van der Waals surface area contributed by atoms with E-state index in [-0.39, 0.29) is 20.3 Å². The zero-order chi connectivity index (χ0) is 15.8. The second-order valence-electron chi connectivity index (χ2n) is 4.13. The number of sulfonamides is 1. The normalized spacial score (nSPS) is 19.7. The molecule has 1 aliphatic heterocycles. The molecule has 21 heavy (non-hydrogen) atoms. The summed E-state index contributed by atoms with van der Waals surface area (Å²) in [5.74, 6) is -0.908. The number of carbonyl (C=O) groups excluding carboxylic acids is 1. The predicted molar refractivity (Wildman–Crippen MR) is 81.3 cm³/mol. The summed E-state index contributed by atoms with van der Waals surface area (Å²) in [6.45, 7) is 0. The Morgan fingerprint density at radius 1 is 1.57 bits per heavy atom. The molecule has 1 atom stereocenters. The summed E-state index contributed by atoms with van der Waals surface area (Å²) in [6.07, 6.45) is 0. The maximum Gasteiger partial charge on any atom is 0.325 e. The molecule has 1 aromatic rings. The van der Waals surface area contributed by atoms with Crippen molar-refractivity contribution in [1.82, 2.24) is 4.31 Å². The van der Waals surface area contributed by atoms with Crippen LogP contribution >= 0.6 is 39.3 Å². The number of methoxy groups -OCH3 is 1. The van der Waals surface area contributed by atoms with Crippen molar-refractivity contribution in [3.8, 4) is 0 Å². The van der Waals surface area contributed by atoms with Gasteiger partial charge in [-0.05, 0) is 28.1 Å². The first-order valence-corrected chi connectivity index (χ1v) is 9.37. The van der Waals surface area contributed by atoms with E-state index >= 15 is 0 Å². The summed E-state index contributed by atoms with van der Waals surface area (Å²) < 4.78 is 44.2. The molecule has 0 bridgehead atoms. The second kappa shape index (κ2) is 6.41. The number of hydrogen-bond donors (Lipinski definition) is 0. The fourth-order valence-electron chi connectivity index (χ4n) is 1.88. The average molecular weight is 419 g/mol. The van der Waals surface area contributed by atoms with Crippen molar-refractivity contribution < 1.29 is 22.3 Å².